The normalized spacial score (nSPS) is 21.9. The number of aryl methyl sites for hydroxylation is 1. The van der Waals surface area contributed by atoms with Crippen LogP contribution in [0.5, 0.6) is 0 Å². The van der Waals surface area contributed by atoms with E-state index in [0.29, 0.717) is 44.0 Å². The van der Waals surface area contributed by atoms with Crippen molar-refractivity contribution in [2.24, 2.45) is 0 Å². The Kier molecular flexibility index (Phi) is 4.90. The summed E-state index contributed by atoms with van der Waals surface area (Å²) in [6.07, 6.45) is 4.30. The average molecular weight is 418 g/mol. The molecule has 0 spiro atoms. The van der Waals surface area contributed by atoms with Gasteiger partial charge in [-0.1, -0.05) is 19.1 Å². The van der Waals surface area contributed by atoms with Crippen LogP contribution in [0, 0.1) is 0 Å². The molecule has 9 heteroatoms. The Labute approximate surface area is 171 Å². The highest BCUT2D eigenvalue weighted by Crippen LogP contribution is 2.39. The maximum Gasteiger partial charge on any atom is 0.211 e. The Bertz CT molecular complexity index is 1060. The summed E-state index contributed by atoms with van der Waals surface area (Å²) in [5, 5.41) is 8.00. The molecule has 4 rings (SSSR count). The van der Waals surface area contributed by atoms with Crippen LogP contribution in [0.1, 0.15) is 35.7 Å². The average Bonchev–Trinajstić information content (AvgIpc) is 3.02. The number of nitrogens with two attached hydrogens (primary N) is 1. The number of sulfonamides is 1. The third kappa shape index (κ3) is 3.42. The maximum atomic E-state index is 12.4. The lowest BCUT2D eigenvalue weighted by Gasteiger charge is -2.35. The molecule has 2 aliphatic rings. The molecule has 0 radical (unpaired) electrons. The van der Waals surface area contributed by atoms with E-state index in [1.165, 1.54) is 16.1 Å². The Morgan fingerprint density at radius 2 is 2.17 bits per heavy atom. The third-order valence-electron chi connectivity index (χ3n) is 6.16. The molecule has 2 aromatic rings. The molecule has 1 unspecified atom stereocenters. The summed E-state index contributed by atoms with van der Waals surface area (Å²) in [6.45, 7) is 3.74. The zero-order valence-electron chi connectivity index (χ0n) is 16.8. The molecular weight excluding hydrogens is 390 g/mol. The van der Waals surface area contributed by atoms with Gasteiger partial charge in [0.2, 0.25) is 10.0 Å². The highest BCUT2D eigenvalue weighted by atomic mass is 32.2. The highest BCUT2D eigenvalue weighted by molar-refractivity contribution is 7.88. The van der Waals surface area contributed by atoms with Gasteiger partial charge in [-0.3, -0.25) is 0 Å². The molecule has 0 fully saturated rings. The van der Waals surface area contributed by atoms with E-state index < -0.39 is 15.4 Å². The lowest BCUT2D eigenvalue weighted by molar-refractivity contribution is -0.113. The molecule has 3 heterocycles. The monoisotopic (exact) mass is 417 g/mol. The molecule has 2 aliphatic heterocycles. The van der Waals surface area contributed by atoms with E-state index in [4.69, 9.17) is 5.73 Å². The molecule has 156 valence electrons. The lowest BCUT2D eigenvalue weighted by Crippen LogP contribution is -2.40. The van der Waals surface area contributed by atoms with Gasteiger partial charge in [0.1, 0.15) is 12.1 Å². The van der Waals surface area contributed by atoms with E-state index in [0.717, 1.165) is 29.5 Å². The Balaban J connectivity index is 1.72. The molecule has 3 N–H and O–H groups in total. The van der Waals surface area contributed by atoms with Crippen LogP contribution >= 0.6 is 0 Å². The first-order valence-electron chi connectivity index (χ1n) is 9.90. The quantitative estimate of drug-likeness (QED) is 0.710. The van der Waals surface area contributed by atoms with E-state index in [2.05, 4.69) is 29.5 Å². The molecule has 29 heavy (non-hydrogen) atoms. The summed E-state index contributed by atoms with van der Waals surface area (Å²) in [7, 11) is -3.28. The molecular formula is C20H27N5O3S. The number of hydrogen-bond acceptors (Lipinski definition) is 6. The van der Waals surface area contributed by atoms with Crippen LogP contribution < -0.4 is 11.1 Å². The van der Waals surface area contributed by atoms with Crippen molar-refractivity contribution in [1.29, 1.82) is 0 Å². The van der Waals surface area contributed by atoms with E-state index in [-0.39, 0.29) is 6.54 Å². The van der Waals surface area contributed by atoms with Crippen LogP contribution in [0.2, 0.25) is 0 Å². The molecule has 1 aromatic heterocycles. The fourth-order valence-corrected chi connectivity index (χ4v) is 5.15. The highest BCUT2D eigenvalue weighted by Gasteiger charge is 2.39. The van der Waals surface area contributed by atoms with E-state index in [1.807, 2.05) is 6.07 Å². The van der Waals surface area contributed by atoms with Gasteiger partial charge in [-0.15, -0.1) is 0 Å². The van der Waals surface area contributed by atoms with Gasteiger partial charge in [-0.25, -0.2) is 13.1 Å². The Morgan fingerprint density at radius 3 is 2.86 bits per heavy atom. The van der Waals surface area contributed by atoms with Crippen molar-refractivity contribution in [3.05, 3.63) is 40.6 Å². The summed E-state index contributed by atoms with van der Waals surface area (Å²) in [4.78, 5) is 12.4. The predicted octanol–water partition coefficient (Wildman–Crippen LogP) is 1.30. The van der Waals surface area contributed by atoms with Gasteiger partial charge >= 0.3 is 0 Å². The van der Waals surface area contributed by atoms with Gasteiger partial charge in [-0.2, -0.15) is 9.40 Å². The zero-order valence-corrected chi connectivity index (χ0v) is 17.6. The summed E-state index contributed by atoms with van der Waals surface area (Å²) in [5.41, 5.74) is 10.4. The summed E-state index contributed by atoms with van der Waals surface area (Å²) in [5.74, 6) is 0.529. The van der Waals surface area contributed by atoms with E-state index >= 15 is 0 Å². The van der Waals surface area contributed by atoms with Crippen molar-refractivity contribution in [2.45, 2.75) is 44.7 Å². The first kappa shape index (κ1) is 19.9. The van der Waals surface area contributed by atoms with Crippen molar-refractivity contribution >= 4 is 27.8 Å². The zero-order chi connectivity index (χ0) is 20.8. The van der Waals surface area contributed by atoms with Crippen LogP contribution in [0.4, 0.5) is 11.5 Å². The van der Waals surface area contributed by atoms with Crippen LogP contribution in [-0.4, -0.2) is 48.1 Å². The standard InChI is InChI=1S/C20H27N5O3S/c1-3-14-4-5-17-16(10-14)20(13-26,7-8-22-17)12-25-19(21)15-6-9-24(29(2,27)28)11-18(15)23-25/h4-5,10,13,22H,3,6-9,11-12,21H2,1-2H3. The lowest BCUT2D eigenvalue weighted by atomic mass is 9.75. The van der Waals surface area contributed by atoms with Gasteiger partial charge in [-0.05, 0) is 36.5 Å². The molecule has 0 aliphatic carbocycles. The minimum Gasteiger partial charge on any atom is -0.385 e. The van der Waals surface area contributed by atoms with Crippen molar-refractivity contribution in [3.63, 3.8) is 0 Å². The number of anilines is 2. The number of aldehydes is 1. The molecule has 1 aromatic carbocycles. The van der Waals surface area contributed by atoms with E-state index in [9.17, 15) is 13.2 Å². The number of hydrogen-bond donors (Lipinski definition) is 2. The Hall–Kier alpha value is -2.39. The summed E-state index contributed by atoms with van der Waals surface area (Å²) >= 11 is 0. The first-order chi connectivity index (χ1) is 13.8. The number of nitrogens with one attached hydrogen (secondary N) is 1. The van der Waals surface area contributed by atoms with E-state index in [1.54, 1.807) is 4.68 Å². The number of fused-ring (bicyclic) bond motifs is 2. The Morgan fingerprint density at radius 1 is 1.38 bits per heavy atom. The van der Waals surface area contributed by atoms with Crippen molar-refractivity contribution in [2.75, 3.05) is 30.4 Å². The second-order valence-corrected chi connectivity index (χ2v) is 9.98. The van der Waals surface area contributed by atoms with Gasteiger partial charge in [0, 0.05) is 24.3 Å². The number of aromatic nitrogens is 2. The van der Waals surface area contributed by atoms with Crippen molar-refractivity contribution in [3.8, 4) is 0 Å². The number of benzene rings is 1. The number of nitrogen functional groups attached to an aromatic ring is 1. The van der Waals surface area contributed by atoms with Gasteiger partial charge in [0.25, 0.3) is 0 Å². The fourth-order valence-electron chi connectivity index (χ4n) is 4.37. The second-order valence-electron chi connectivity index (χ2n) is 8.00. The third-order valence-corrected chi connectivity index (χ3v) is 7.41. The van der Waals surface area contributed by atoms with Crippen LogP contribution in [0.3, 0.4) is 0 Å². The van der Waals surface area contributed by atoms with Crippen molar-refractivity contribution in [1.82, 2.24) is 14.1 Å². The molecule has 8 nitrogen and oxygen atoms in total. The molecule has 0 saturated heterocycles. The minimum atomic E-state index is -3.28. The summed E-state index contributed by atoms with van der Waals surface area (Å²) < 4.78 is 26.9. The topological polar surface area (TPSA) is 110 Å². The molecule has 0 amide bonds. The molecule has 0 bridgehead atoms. The summed E-state index contributed by atoms with van der Waals surface area (Å²) in [6, 6.07) is 6.21. The predicted molar refractivity (Wildman–Crippen MR) is 112 cm³/mol. The molecule has 0 saturated carbocycles. The first-order valence-corrected chi connectivity index (χ1v) is 11.7. The van der Waals surface area contributed by atoms with Crippen molar-refractivity contribution < 1.29 is 13.2 Å². The largest absolute Gasteiger partial charge is 0.385 e. The molecule has 1 atom stereocenters. The minimum absolute atomic E-state index is 0.220. The number of carbonyl (C=O) groups excluding carboxylic acids is 1. The smallest absolute Gasteiger partial charge is 0.211 e. The van der Waals surface area contributed by atoms with Gasteiger partial charge < -0.3 is 15.8 Å². The van der Waals surface area contributed by atoms with Crippen LogP contribution in [0.15, 0.2) is 18.2 Å². The number of nitrogens with zero attached hydrogens (tertiary/aromatic N) is 3. The van der Waals surface area contributed by atoms with Gasteiger partial charge in [0.05, 0.1) is 30.5 Å². The number of rotatable bonds is 5. The van der Waals surface area contributed by atoms with Crippen LogP contribution in [-0.2, 0) is 46.2 Å². The van der Waals surface area contributed by atoms with Crippen LogP contribution in [0.25, 0.3) is 0 Å². The SMILES string of the molecule is CCc1ccc2c(c1)C(C=O)(Cn1nc3c(c1N)CCN(S(C)(=O)=O)C3)CCN2. The van der Waals surface area contributed by atoms with Gasteiger partial charge in [0.15, 0.2) is 0 Å². The maximum absolute atomic E-state index is 12.4. The fraction of sp³-hybridized carbons (Fsp3) is 0.500. The second kappa shape index (κ2) is 7.14. The number of carbonyl (C=O) groups is 1.